The van der Waals surface area contributed by atoms with E-state index in [9.17, 15) is 10.1 Å². The molecule has 0 unspecified atom stereocenters. The molecule has 0 saturated heterocycles. The third kappa shape index (κ3) is 2.36. The molecule has 3 nitrogen and oxygen atoms in total. The lowest BCUT2D eigenvalue weighted by Gasteiger charge is -2.13. The smallest absolute Gasteiger partial charge is 0.258 e. The van der Waals surface area contributed by atoms with E-state index in [1.54, 1.807) is 6.07 Å². The zero-order chi connectivity index (χ0) is 18.4. The van der Waals surface area contributed by atoms with Crippen LogP contribution in [-0.4, -0.2) is 4.92 Å². The van der Waals surface area contributed by atoms with Gasteiger partial charge in [-0.05, 0) is 50.0 Å². The van der Waals surface area contributed by atoms with E-state index in [2.05, 4.69) is 24.3 Å². The van der Waals surface area contributed by atoms with Crippen molar-refractivity contribution in [1.29, 1.82) is 0 Å². The Bertz CT molecular complexity index is 1360. The largest absolute Gasteiger partial charge is 0.277 e. The number of nitro groups is 1. The Morgan fingerprint density at radius 2 is 1.19 bits per heavy atom. The Morgan fingerprint density at radius 1 is 0.593 bits per heavy atom. The van der Waals surface area contributed by atoms with Gasteiger partial charge in [0.1, 0.15) is 0 Å². The number of rotatable bonds is 2. The third-order valence-corrected chi connectivity index (χ3v) is 5.14. The molecular formula is C24H15NO2. The molecule has 0 fully saturated rings. The van der Waals surface area contributed by atoms with E-state index in [0.717, 1.165) is 37.9 Å². The van der Waals surface area contributed by atoms with Crippen LogP contribution in [0, 0.1) is 10.1 Å². The molecule has 0 amide bonds. The second-order valence-electron chi connectivity index (χ2n) is 6.63. The van der Waals surface area contributed by atoms with Gasteiger partial charge in [0.25, 0.3) is 5.69 Å². The lowest BCUT2D eigenvalue weighted by atomic mass is 9.90. The van der Waals surface area contributed by atoms with Crippen molar-refractivity contribution in [2.75, 3.05) is 0 Å². The molecule has 0 aromatic heterocycles. The maximum atomic E-state index is 11.8. The van der Waals surface area contributed by atoms with Gasteiger partial charge in [-0.25, -0.2) is 0 Å². The molecule has 5 aromatic carbocycles. The summed E-state index contributed by atoms with van der Waals surface area (Å²) in [6.45, 7) is 0. The van der Waals surface area contributed by atoms with Crippen LogP contribution in [0.5, 0.6) is 0 Å². The standard InChI is InChI=1S/C24H15NO2/c26-25(27)23-14-13-16-7-1-4-10-19(16)24(23)22-15-17-8-2-3-9-18(17)20-11-5-6-12-21(20)22/h1-15H. The van der Waals surface area contributed by atoms with Crippen molar-refractivity contribution in [3.63, 3.8) is 0 Å². The van der Waals surface area contributed by atoms with Crippen LogP contribution in [0.25, 0.3) is 43.4 Å². The fraction of sp³-hybridized carbons (Fsp3) is 0. The average molecular weight is 349 g/mol. The lowest BCUT2D eigenvalue weighted by molar-refractivity contribution is -0.384. The number of benzene rings is 5. The minimum atomic E-state index is -0.286. The van der Waals surface area contributed by atoms with Crippen molar-refractivity contribution in [1.82, 2.24) is 0 Å². The molecule has 0 bridgehead atoms. The van der Waals surface area contributed by atoms with Gasteiger partial charge in [-0.2, -0.15) is 0 Å². The van der Waals surface area contributed by atoms with Gasteiger partial charge in [0, 0.05) is 6.07 Å². The molecule has 0 N–H and O–H groups in total. The van der Waals surface area contributed by atoms with E-state index in [4.69, 9.17) is 0 Å². The summed E-state index contributed by atoms with van der Waals surface area (Å²) in [4.78, 5) is 11.6. The highest BCUT2D eigenvalue weighted by Gasteiger charge is 2.21. The predicted molar refractivity (Wildman–Crippen MR) is 111 cm³/mol. The van der Waals surface area contributed by atoms with Crippen LogP contribution in [0.3, 0.4) is 0 Å². The molecule has 0 spiro atoms. The highest BCUT2D eigenvalue weighted by molar-refractivity contribution is 6.17. The highest BCUT2D eigenvalue weighted by atomic mass is 16.6. The second-order valence-corrected chi connectivity index (χ2v) is 6.63. The van der Waals surface area contributed by atoms with Crippen molar-refractivity contribution >= 4 is 38.0 Å². The van der Waals surface area contributed by atoms with Crippen molar-refractivity contribution in [2.24, 2.45) is 0 Å². The van der Waals surface area contributed by atoms with Crippen molar-refractivity contribution < 1.29 is 4.92 Å². The summed E-state index contributed by atoms with van der Waals surface area (Å²) in [5.74, 6) is 0. The van der Waals surface area contributed by atoms with Gasteiger partial charge in [0.15, 0.2) is 0 Å². The normalized spacial score (nSPS) is 11.3. The summed E-state index contributed by atoms with van der Waals surface area (Å²) in [6, 6.07) is 29.6. The van der Waals surface area contributed by atoms with Crippen molar-refractivity contribution in [3.05, 3.63) is 101 Å². The van der Waals surface area contributed by atoms with Gasteiger partial charge >= 0.3 is 0 Å². The van der Waals surface area contributed by atoms with Crippen LogP contribution < -0.4 is 0 Å². The van der Waals surface area contributed by atoms with Crippen LogP contribution in [0.1, 0.15) is 0 Å². The molecule has 5 aromatic rings. The monoisotopic (exact) mass is 349 g/mol. The summed E-state index contributed by atoms with van der Waals surface area (Å²) in [5.41, 5.74) is 1.71. The molecule has 0 aliphatic heterocycles. The van der Waals surface area contributed by atoms with Gasteiger partial charge in [0.2, 0.25) is 0 Å². The fourth-order valence-electron chi connectivity index (χ4n) is 3.96. The van der Waals surface area contributed by atoms with E-state index in [-0.39, 0.29) is 10.6 Å². The van der Waals surface area contributed by atoms with Gasteiger partial charge in [-0.3, -0.25) is 10.1 Å². The van der Waals surface area contributed by atoms with Gasteiger partial charge in [-0.15, -0.1) is 0 Å². The highest BCUT2D eigenvalue weighted by Crippen LogP contribution is 2.42. The second kappa shape index (κ2) is 5.92. The number of fused-ring (bicyclic) bond motifs is 4. The molecule has 3 heteroatoms. The van der Waals surface area contributed by atoms with Crippen LogP contribution >= 0.6 is 0 Å². The van der Waals surface area contributed by atoms with E-state index >= 15 is 0 Å². The predicted octanol–water partition coefficient (Wildman–Crippen LogP) is 6.72. The first-order valence-corrected chi connectivity index (χ1v) is 8.81. The van der Waals surface area contributed by atoms with E-state index < -0.39 is 0 Å². The first-order valence-electron chi connectivity index (χ1n) is 8.81. The van der Waals surface area contributed by atoms with Crippen molar-refractivity contribution in [3.8, 4) is 11.1 Å². The molecule has 0 atom stereocenters. The SMILES string of the molecule is O=[N+]([O-])c1ccc2ccccc2c1-c1cc2ccccc2c2ccccc12. The van der Waals surface area contributed by atoms with Crippen LogP contribution in [0.4, 0.5) is 5.69 Å². The van der Waals surface area contributed by atoms with Crippen LogP contribution in [0.2, 0.25) is 0 Å². The fourth-order valence-corrected chi connectivity index (χ4v) is 3.96. The Morgan fingerprint density at radius 3 is 1.93 bits per heavy atom. The molecule has 0 aliphatic carbocycles. The first-order chi connectivity index (χ1) is 13.2. The number of hydrogen-bond acceptors (Lipinski definition) is 2. The van der Waals surface area contributed by atoms with Gasteiger partial charge in [0.05, 0.1) is 10.5 Å². The molecular weight excluding hydrogens is 334 g/mol. The summed E-state index contributed by atoms with van der Waals surface area (Å²) in [7, 11) is 0. The zero-order valence-electron chi connectivity index (χ0n) is 14.4. The van der Waals surface area contributed by atoms with Gasteiger partial charge < -0.3 is 0 Å². The molecule has 0 radical (unpaired) electrons. The van der Waals surface area contributed by atoms with E-state index in [0.29, 0.717) is 5.56 Å². The number of nitrogens with zero attached hydrogens (tertiary/aromatic N) is 1. The Balaban J connectivity index is 2.02. The topological polar surface area (TPSA) is 43.1 Å². The van der Waals surface area contributed by atoms with E-state index in [1.807, 2.05) is 60.7 Å². The Kier molecular flexibility index (Phi) is 3.41. The summed E-state index contributed by atoms with van der Waals surface area (Å²) in [5, 5.41) is 18.1. The van der Waals surface area contributed by atoms with Gasteiger partial charge in [-0.1, -0.05) is 72.8 Å². The average Bonchev–Trinajstić information content (AvgIpc) is 2.72. The quantitative estimate of drug-likeness (QED) is 0.202. The molecule has 0 aliphatic rings. The van der Waals surface area contributed by atoms with Crippen LogP contribution in [0.15, 0.2) is 91.0 Å². The summed E-state index contributed by atoms with van der Waals surface area (Å²) >= 11 is 0. The summed E-state index contributed by atoms with van der Waals surface area (Å²) in [6.07, 6.45) is 0. The third-order valence-electron chi connectivity index (χ3n) is 5.14. The first kappa shape index (κ1) is 15.5. The molecule has 5 rings (SSSR count). The minimum Gasteiger partial charge on any atom is -0.258 e. The van der Waals surface area contributed by atoms with Crippen LogP contribution in [-0.2, 0) is 0 Å². The number of nitro benzene ring substituents is 1. The number of hydrogen-bond donors (Lipinski definition) is 0. The van der Waals surface area contributed by atoms with E-state index in [1.165, 1.54) is 0 Å². The minimum absolute atomic E-state index is 0.133. The maximum absolute atomic E-state index is 11.8. The maximum Gasteiger partial charge on any atom is 0.277 e. The van der Waals surface area contributed by atoms with Crippen molar-refractivity contribution in [2.45, 2.75) is 0 Å². The Labute approximate surface area is 155 Å². The molecule has 27 heavy (non-hydrogen) atoms. The molecule has 0 heterocycles. The zero-order valence-corrected chi connectivity index (χ0v) is 14.4. The summed E-state index contributed by atoms with van der Waals surface area (Å²) < 4.78 is 0. The Hall–Kier alpha value is -3.72. The molecule has 128 valence electrons. The lowest BCUT2D eigenvalue weighted by Crippen LogP contribution is -1.94. The molecule has 0 saturated carbocycles.